The zero-order valence-corrected chi connectivity index (χ0v) is 14.3. The zero-order valence-electron chi connectivity index (χ0n) is 13.5. The minimum atomic E-state index is -0.985. The van der Waals surface area contributed by atoms with Gasteiger partial charge in [-0.25, -0.2) is 4.79 Å². The van der Waals surface area contributed by atoms with Crippen LogP contribution in [0, 0.1) is 0 Å². The molecule has 0 heterocycles. The molecule has 3 N–H and O–H groups in total. The quantitative estimate of drug-likeness (QED) is 0.709. The number of amides is 2. The minimum Gasteiger partial charge on any atom is -0.391 e. The Balaban J connectivity index is 2.19. The van der Waals surface area contributed by atoms with E-state index in [0.717, 1.165) is 5.56 Å². The second kappa shape index (κ2) is 8.90. The molecule has 124 valence electrons. The van der Waals surface area contributed by atoms with Crippen molar-refractivity contribution >= 4 is 16.8 Å². The number of benzene rings is 1. The fourth-order valence-corrected chi connectivity index (χ4v) is 2.69. The summed E-state index contributed by atoms with van der Waals surface area (Å²) < 4.78 is 11.5. The highest BCUT2D eigenvalue weighted by molar-refractivity contribution is 7.86. The maximum Gasteiger partial charge on any atom is 0.314 e. The Labute approximate surface area is 135 Å². The third-order valence-electron chi connectivity index (χ3n) is 3.07. The topological polar surface area (TPSA) is 78.4 Å². The van der Waals surface area contributed by atoms with E-state index in [0.29, 0.717) is 18.7 Å². The van der Waals surface area contributed by atoms with Crippen molar-refractivity contribution in [2.75, 3.05) is 18.8 Å². The fourth-order valence-electron chi connectivity index (χ4n) is 1.79. The Morgan fingerprint density at radius 1 is 1.23 bits per heavy atom. The van der Waals surface area contributed by atoms with Gasteiger partial charge in [0.2, 0.25) is 0 Å². The molecule has 0 saturated heterocycles. The third kappa shape index (κ3) is 7.56. The Morgan fingerprint density at radius 3 is 2.45 bits per heavy atom. The lowest BCUT2D eigenvalue weighted by Crippen LogP contribution is -2.42. The molecule has 2 amide bonds. The molecule has 2 unspecified atom stereocenters. The van der Waals surface area contributed by atoms with E-state index in [9.17, 15) is 14.1 Å². The lowest BCUT2D eigenvalue weighted by Gasteiger charge is -2.18. The van der Waals surface area contributed by atoms with Crippen LogP contribution in [0.4, 0.5) is 4.79 Å². The summed E-state index contributed by atoms with van der Waals surface area (Å²) in [5.41, 5.74) is 1.03. The summed E-state index contributed by atoms with van der Waals surface area (Å²) in [7, 11) is -0.985. The Morgan fingerprint density at radius 2 is 1.86 bits per heavy atom. The molecular weight excluding hydrogens is 300 g/mol. The molecule has 0 radical (unpaired) electrons. The number of aliphatic hydroxyl groups is 1. The Kier molecular flexibility index (Phi) is 7.55. The van der Waals surface area contributed by atoms with Gasteiger partial charge in [-0.15, -0.1) is 0 Å². The van der Waals surface area contributed by atoms with E-state index in [1.165, 1.54) is 0 Å². The SMILES string of the molecule is CC(C)(C)S(=O)CCNC(=O)NCC(O)Cc1ccccc1. The van der Waals surface area contributed by atoms with E-state index >= 15 is 0 Å². The maximum absolute atomic E-state index is 11.8. The highest BCUT2D eigenvalue weighted by atomic mass is 32.2. The standard InChI is InChI=1S/C16H26N2O3S/c1-16(2,3)22(21)10-9-17-15(20)18-12-14(19)11-13-7-5-4-6-8-13/h4-8,14,19H,9-12H2,1-3H3,(H2,17,18,20). The monoisotopic (exact) mass is 326 g/mol. The van der Waals surface area contributed by atoms with Crippen LogP contribution in [0.5, 0.6) is 0 Å². The molecule has 0 aromatic heterocycles. The number of carbonyl (C=O) groups is 1. The van der Waals surface area contributed by atoms with Gasteiger partial charge < -0.3 is 15.7 Å². The summed E-state index contributed by atoms with van der Waals surface area (Å²) in [6, 6.07) is 9.27. The molecule has 0 spiro atoms. The smallest absolute Gasteiger partial charge is 0.314 e. The summed E-state index contributed by atoms with van der Waals surface area (Å²) >= 11 is 0. The maximum atomic E-state index is 11.8. The summed E-state index contributed by atoms with van der Waals surface area (Å²) in [6.07, 6.45) is -0.133. The van der Waals surface area contributed by atoms with Gasteiger partial charge in [-0.3, -0.25) is 4.21 Å². The van der Waals surface area contributed by atoms with Gasteiger partial charge in [-0.2, -0.15) is 0 Å². The van der Waals surface area contributed by atoms with E-state index < -0.39 is 16.9 Å². The number of urea groups is 1. The predicted molar refractivity (Wildman–Crippen MR) is 90.3 cm³/mol. The molecule has 1 aromatic rings. The average Bonchev–Trinajstić information content (AvgIpc) is 2.45. The molecule has 6 heteroatoms. The number of rotatable bonds is 7. The number of hydrogen-bond donors (Lipinski definition) is 3. The molecule has 0 bridgehead atoms. The van der Waals surface area contributed by atoms with Gasteiger partial charge in [0.05, 0.1) is 6.10 Å². The van der Waals surface area contributed by atoms with Crippen LogP contribution >= 0.6 is 0 Å². The molecule has 1 aromatic carbocycles. The second-order valence-electron chi connectivity index (χ2n) is 6.14. The van der Waals surface area contributed by atoms with Crippen LogP contribution in [0.15, 0.2) is 30.3 Å². The number of nitrogens with one attached hydrogen (secondary N) is 2. The van der Waals surface area contributed by atoms with Gasteiger partial charge in [0.15, 0.2) is 0 Å². The Hall–Kier alpha value is -1.40. The largest absolute Gasteiger partial charge is 0.391 e. The van der Waals surface area contributed by atoms with Crippen molar-refractivity contribution in [1.82, 2.24) is 10.6 Å². The van der Waals surface area contributed by atoms with Crippen LogP contribution in [0.3, 0.4) is 0 Å². The van der Waals surface area contributed by atoms with Gasteiger partial charge in [0, 0.05) is 40.8 Å². The van der Waals surface area contributed by atoms with Crippen LogP contribution in [0.25, 0.3) is 0 Å². The van der Waals surface area contributed by atoms with Gasteiger partial charge in [-0.05, 0) is 26.3 Å². The highest BCUT2D eigenvalue weighted by Crippen LogP contribution is 2.10. The molecule has 0 aliphatic carbocycles. The molecule has 22 heavy (non-hydrogen) atoms. The Bertz CT molecular complexity index is 486. The summed E-state index contributed by atoms with van der Waals surface area (Å²) in [6.45, 7) is 6.25. The molecule has 0 aliphatic rings. The van der Waals surface area contributed by atoms with Crippen molar-refractivity contribution < 1.29 is 14.1 Å². The number of carbonyl (C=O) groups excluding carboxylic acids is 1. The predicted octanol–water partition coefficient (Wildman–Crippen LogP) is 1.44. The van der Waals surface area contributed by atoms with Crippen LogP contribution in [0.1, 0.15) is 26.3 Å². The first-order chi connectivity index (χ1) is 10.3. The van der Waals surface area contributed by atoms with Crippen molar-refractivity contribution in [3.8, 4) is 0 Å². The third-order valence-corrected chi connectivity index (χ3v) is 5.01. The molecule has 0 saturated carbocycles. The van der Waals surface area contributed by atoms with Crippen molar-refractivity contribution in [2.24, 2.45) is 0 Å². The molecule has 5 nitrogen and oxygen atoms in total. The van der Waals surface area contributed by atoms with Crippen molar-refractivity contribution in [2.45, 2.75) is 38.0 Å². The van der Waals surface area contributed by atoms with Crippen molar-refractivity contribution in [1.29, 1.82) is 0 Å². The molecular formula is C16H26N2O3S. The lowest BCUT2D eigenvalue weighted by atomic mass is 10.1. The first-order valence-electron chi connectivity index (χ1n) is 7.41. The van der Waals surface area contributed by atoms with E-state index in [-0.39, 0.29) is 17.3 Å². The van der Waals surface area contributed by atoms with E-state index in [4.69, 9.17) is 0 Å². The number of hydrogen-bond acceptors (Lipinski definition) is 3. The molecule has 2 atom stereocenters. The average molecular weight is 326 g/mol. The van der Waals surface area contributed by atoms with Gasteiger partial charge in [-0.1, -0.05) is 30.3 Å². The van der Waals surface area contributed by atoms with E-state index in [2.05, 4.69) is 10.6 Å². The summed E-state index contributed by atoms with van der Waals surface area (Å²) in [4.78, 5) is 11.6. The van der Waals surface area contributed by atoms with Crippen LogP contribution in [-0.2, 0) is 17.2 Å². The molecule has 1 rings (SSSR count). The fraction of sp³-hybridized carbons (Fsp3) is 0.562. The molecule has 0 fully saturated rings. The first-order valence-corrected chi connectivity index (χ1v) is 8.73. The first kappa shape index (κ1) is 18.6. The van der Waals surface area contributed by atoms with E-state index in [1.54, 1.807) is 0 Å². The summed E-state index contributed by atoms with van der Waals surface area (Å²) in [5.74, 6) is 0.420. The zero-order chi connectivity index (χ0) is 16.6. The van der Waals surface area contributed by atoms with Crippen LogP contribution < -0.4 is 10.6 Å². The minimum absolute atomic E-state index is 0.184. The lowest BCUT2D eigenvalue weighted by molar-refractivity contribution is 0.170. The summed E-state index contributed by atoms with van der Waals surface area (Å²) in [5, 5.41) is 15.1. The van der Waals surface area contributed by atoms with Gasteiger partial charge in [0.25, 0.3) is 0 Å². The van der Waals surface area contributed by atoms with E-state index in [1.807, 2.05) is 51.1 Å². The molecule has 0 aliphatic heterocycles. The van der Waals surface area contributed by atoms with Crippen LogP contribution in [0.2, 0.25) is 0 Å². The highest BCUT2D eigenvalue weighted by Gasteiger charge is 2.18. The van der Waals surface area contributed by atoms with Crippen molar-refractivity contribution in [3.63, 3.8) is 0 Å². The number of aliphatic hydroxyl groups excluding tert-OH is 1. The normalized spacial score (nSPS) is 14.2. The van der Waals surface area contributed by atoms with Crippen LogP contribution in [-0.4, -0.2) is 45.0 Å². The van der Waals surface area contributed by atoms with Crippen molar-refractivity contribution in [3.05, 3.63) is 35.9 Å². The second-order valence-corrected chi connectivity index (χ2v) is 8.47. The van der Waals surface area contributed by atoms with Gasteiger partial charge in [0.1, 0.15) is 0 Å². The van der Waals surface area contributed by atoms with Gasteiger partial charge >= 0.3 is 6.03 Å².